The highest BCUT2D eigenvalue weighted by molar-refractivity contribution is 5.92. The Labute approximate surface area is 146 Å². The van der Waals surface area contributed by atoms with Crippen LogP contribution in [0, 0.1) is 0 Å². The molecule has 0 heterocycles. The minimum Gasteiger partial charge on any atom is -0.491 e. The van der Waals surface area contributed by atoms with E-state index in [1.54, 1.807) is 62.6 Å². The van der Waals surface area contributed by atoms with Gasteiger partial charge in [-0.3, -0.25) is 4.79 Å². The molecule has 1 N–H and O–H groups in total. The van der Waals surface area contributed by atoms with Crippen LogP contribution in [0.5, 0.6) is 11.5 Å². The molecule has 0 atom stereocenters. The lowest BCUT2D eigenvalue weighted by Gasteiger charge is -2.08. The van der Waals surface area contributed by atoms with Crippen LogP contribution in [-0.2, 0) is 9.53 Å². The van der Waals surface area contributed by atoms with Gasteiger partial charge in [0.2, 0.25) is 5.91 Å². The summed E-state index contributed by atoms with van der Waals surface area (Å²) in [7, 11) is 1.60. The van der Waals surface area contributed by atoms with Gasteiger partial charge in [0.25, 0.3) is 0 Å². The van der Waals surface area contributed by atoms with Gasteiger partial charge >= 0.3 is 5.97 Å². The van der Waals surface area contributed by atoms with Crippen LogP contribution in [0.3, 0.4) is 0 Å². The lowest BCUT2D eigenvalue weighted by atomic mass is 10.2. The molecular formula is C19H21NO5. The molecule has 2 aromatic carbocycles. The van der Waals surface area contributed by atoms with Crippen molar-refractivity contribution in [3.05, 3.63) is 54.1 Å². The SMILES string of the molecule is CCC(=O)Nc1cccc(OC(=O)c2ccc(OCCOC)cc2)c1. The predicted molar refractivity (Wildman–Crippen MR) is 94.1 cm³/mol. The number of carbonyl (C=O) groups excluding carboxylic acids is 2. The monoisotopic (exact) mass is 343 g/mol. The summed E-state index contributed by atoms with van der Waals surface area (Å²) in [5.41, 5.74) is 0.987. The average molecular weight is 343 g/mol. The predicted octanol–water partition coefficient (Wildman–Crippen LogP) is 3.28. The molecule has 6 heteroatoms. The maximum atomic E-state index is 12.2. The van der Waals surface area contributed by atoms with Gasteiger partial charge in [0, 0.05) is 25.3 Å². The summed E-state index contributed by atoms with van der Waals surface area (Å²) >= 11 is 0. The lowest BCUT2D eigenvalue weighted by molar-refractivity contribution is -0.115. The largest absolute Gasteiger partial charge is 0.491 e. The van der Waals surface area contributed by atoms with E-state index in [4.69, 9.17) is 14.2 Å². The van der Waals surface area contributed by atoms with Crippen molar-refractivity contribution in [2.24, 2.45) is 0 Å². The van der Waals surface area contributed by atoms with Gasteiger partial charge in [-0.05, 0) is 36.4 Å². The molecule has 0 aliphatic heterocycles. The number of ether oxygens (including phenoxy) is 3. The number of rotatable bonds is 8. The van der Waals surface area contributed by atoms with Gasteiger partial charge in [-0.15, -0.1) is 0 Å². The second-order valence-corrected chi connectivity index (χ2v) is 5.18. The second kappa shape index (κ2) is 9.44. The molecular weight excluding hydrogens is 322 g/mol. The zero-order valence-electron chi connectivity index (χ0n) is 14.3. The van der Waals surface area contributed by atoms with Crippen molar-refractivity contribution in [3.63, 3.8) is 0 Å². The van der Waals surface area contributed by atoms with Crippen molar-refractivity contribution < 1.29 is 23.8 Å². The van der Waals surface area contributed by atoms with Crippen molar-refractivity contribution in [2.45, 2.75) is 13.3 Å². The van der Waals surface area contributed by atoms with Crippen molar-refractivity contribution in [1.82, 2.24) is 0 Å². The van der Waals surface area contributed by atoms with Gasteiger partial charge in [-0.2, -0.15) is 0 Å². The molecule has 0 spiro atoms. The Bertz CT molecular complexity index is 712. The maximum Gasteiger partial charge on any atom is 0.343 e. The van der Waals surface area contributed by atoms with Crippen LogP contribution in [0.25, 0.3) is 0 Å². The maximum absolute atomic E-state index is 12.2. The van der Waals surface area contributed by atoms with E-state index in [0.717, 1.165) is 0 Å². The zero-order valence-corrected chi connectivity index (χ0v) is 14.3. The fourth-order valence-corrected chi connectivity index (χ4v) is 1.98. The fourth-order valence-electron chi connectivity index (χ4n) is 1.98. The quantitative estimate of drug-likeness (QED) is 0.452. The first-order chi connectivity index (χ1) is 12.1. The Morgan fingerprint density at radius 1 is 1.00 bits per heavy atom. The first-order valence-electron chi connectivity index (χ1n) is 7.96. The van der Waals surface area contributed by atoms with Gasteiger partial charge < -0.3 is 19.5 Å². The van der Waals surface area contributed by atoms with Crippen LogP contribution >= 0.6 is 0 Å². The number of methoxy groups -OCH3 is 1. The molecule has 0 aliphatic rings. The Morgan fingerprint density at radius 2 is 1.76 bits per heavy atom. The second-order valence-electron chi connectivity index (χ2n) is 5.18. The number of hydrogen-bond donors (Lipinski definition) is 1. The first-order valence-corrected chi connectivity index (χ1v) is 7.96. The summed E-state index contributed by atoms with van der Waals surface area (Å²) in [6.45, 7) is 2.70. The number of amides is 1. The molecule has 25 heavy (non-hydrogen) atoms. The summed E-state index contributed by atoms with van der Waals surface area (Å²) in [6, 6.07) is 13.4. The van der Waals surface area contributed by atoms with Crippen LogP contribution in [0.2, 0.25) is 0 Å². The molecule has 132 valence electrons. The van der Waals surface area contributed by atoms with E-state index in [0.29, 0.717) is 42.4 Å². The number of esters is 1. The number of anilines is 1. The molecule has 0 aliphatic carbocycles. The van der Waals surface area contributed by atoms with Gasteiger partial charge in [0.1, 0.15) is 18.1 Å². The van der Waals surface area contributed by atoms with Crippen molar-refractivity contribution in [3.8, 4) is 11.5 Å². The van der Waals surface area contributed by atoms with Crippen LogP contribution in [0.15, 0.2) is 48.5 Å². The van der Waals surface area contributed by atoms with Gasteiger partial charge in [0.15, 0.2) is 0 Å². The minimum atomic E-state index is -0.484. The van der Waals surface area contributed by atoms with Crippen molar-refractivity contribution >= 4 is 17.6 Å². The third-order valence-corrected chi connectivity index (χ3v) is 3.30. The highest BCUT2D eigenvalue weighted by Crippen LogP contribution is 2.20. The van der Waals surface area contributed by atoms with E-state index in [2.05, 4.69) is 5.32 Å². The molecule has 1 amide bonds. The third kappa shape index (κ3) is 5.93. The molecule has 0 saturated heterocycles. The van der Waals surface area contributed by atoms with E-state index in [1.807, 2.05) is 0 Å². The summed E-state index contributed by atoms with van der Waals surface area (Å²) in [5, 5.41) is 2.72. The Balaban J connectivity index is 1.97. The Hall–Kier alpha value is -2.86. The summed E-state index contributed by atoms with van der Waals surface area (Å²) < 4.78 is 15.7. The number of nitrogens with one attached hydrogen (secondary N) is 1. The van der Waals surface area contributed by atoms with Gasteiger partial charge in [-0.1, -0.05) is 13.0 Å². The van der Waals surface area contributed by atoms with Crippen LogP contribution in [-0.4, -0.2) is 32.2 Å². The van der Waals surface area contributed by atoms with E-state index >= 15 is 0 Å². The molecule has 0 radical (unpaired) electrons. The molecule has 0 aromatic heterocycles. The van der Waals surface area contributed by atoms with Gasteiger partial charge in [0.05, 0.1) is 12.2 Å². The molecule has 0 unspecified atom stereocenters. The highest BCUT2D eigenvalue weighted by atomic mass is 16.5. The first kappa shape index (κ1) is 18.5. The summed E-state index contributed by atoms with van der Waals surface area (Å²) in [5.74, 6) is 0.423. The topological polar surface area (TPSA) is 73.9 Å². The average Bonchev–Trinajstić information content (AvgIpc) is 2.62. The Kier molecular flexibility index (Phi) is 6.98. The van der Waals surface area contributed by atoms with Crippen molar-refractivity contribution in [1.29, 1.82) is 0 Å². The number of benzene rings is 2. The minimum absolute atomic E-state index is 0.104. The molecule has 0 fully saturated rings. The molecule has 2 rings (SSSR count). The molecule has 6 nitrogen and oxygen atoms in total. The standard InChI is InChI=1S/C19H21NO5/c1-3-18(21)20-15-5-4-6-17(13-15)25-19(22)14-7-9-16(10-8-14)24-12-11-23-2/h4-10,13H,3,11-12H2,1-2H3,(H,20,21). The molecule has 2 aromatic rings. The lowest BCUT2D eigenvalue weighted by Crippen LogP contribution is -2.11. The van der Waals surface area contributed by atoms with Crippen molar-refractivity contribution in [2.75, 3.05) is 25.6 Å². The summed E-state index contributed by atoms with van der Waals surface area (Å²) in [6.07, 6.45) is 0.378. The van der Waals surface area contributed by atoms with Crippen LogP contribution in [0.4, 0.5) is 5.69 Å². The number of hydrogen-bond acceptors (Lipinski definition) is 5. The third-order valence-electron chi connectivity index (χ3n) is 3.30. The van der Waals surface area contributed by atoms with E-state index in [-0.39, 0.29) is 5.91 Å². The van der Waals surface area contributed by atoms with Gasteiger partial charge in [-0.25, -0.2) is 4.79 Å². The van der Waals surface area contributed by atoms with E-state index < -0.39 is 5.97 Å². The number of carbonyl (C=O) groups is 2. The van der Waals surface area contributed by atoms with Crippen LogP contribution < -0.4 is 14.8 Å². The Morgan fingerprint density at radius 3 is 2.44 bits per heavy atom. The van der Waals surface area contributed by atoms with Crippen LogP contribution in [0.1, 0.15) is 23.7 Å². The molecule has 0 saturated carbocycles. The summed E-state index contributed by atoms with van der Waals surface area (Å²) in [4.78, 5) is 23.6. The zero-order chi connectivity index (χ0) is 18.1. The van der Waals surface area contributed by atoms with E-state index in [9.17, 15) is 9.59 Å². The van der Waals surface area contributed by atoms with E-state index in [1.165, 1.54) is 0 Å². The molecule has 0 bridgehead atoms. The fraction of sp³-hybridized carbons (Fsp3) is 0.263. The smallest absolute Gasteiger partial charge is 0.343 e. The normalized spacial score (nSPS) is 10.2. The highest BCUT2D eigenvalue weighted by Gasteiger charge is 2.10.